The Hall–Kier alpha value is -2.88. The van der Waals surface area contributed by atoms with Gasteiger partial charge in [-0.3, -0.25) is 14.2 Å². The lowest BCUT2D eigenvalue weighted by Crippen LogP contribution is -2.24. The molecule has 9 heteroatoms. The van der Waals surface area contributed by atoms with E-state index in [2.05, 4.69) is 31.4 Å². The van der Waals surface area contributed by atoms with E-state index in [1.54, 1.807) is 30.1 Å². The first-order valence-electron chi connectivity index (χ1n) is 9.91. The lowest BCUT2D eigenvalue weighted by Gasteiger charge is -2.13. The van der Waals surface area contributed by atoms with Crippen molar-refractivity contribution < 1.29 is 4.79 Å². The summed E-state index contributed by atoms with van der Waals surface area (Å²) in [5, 5.41) is 4.99. The number of para-hydroxylation sites is 1. The SMILES string of the molecule is CSc1ccc(/C=N\NC(=O)CSc2nc3ccccc3c(=O)n2-c2ccc(Br)cc2)cc1. The van der Waals surface area contributed by atoms with Crippen molar-refractivity contribution in [2.45, 2.75) is 10.1 Å². The zero-order valence-electron chi connectivity index (χ0n) is 17.6. The number of thioether (sulfide) groups is 2. The third-order valence-electron chi connectivity index (χ3n) is 4.68. The number of hydrazone groups is 1. The molecule has 1 aromatic heterocycles. The van der Waals surface area contributed by atoms with E-state index in [9.17, 15) is 9.59 Å². The third kappa shape index (κ3) is 5.73. The first-order chi connectivity index (χ1) is 16.0. The number of fused-ring (bicyclic) bond motifs is 1. The fraction of sp³-hybridized carbons (Fsp3) is 0.0833. The summed E-state index contributed by atoms with van der Waals surface area (Å²) >= 11 is 6.27. The standard InChI is InChI=1S/C24H19BrN4O2S2/c1-32-19-12-6-16(7-13-19)14-26-28-22(30)15-33-24-27-21-5-3-2-4-20(21)23(31)29(24)18-10-8-17(25)9-11-18/h2-14H,15H2,1H3,(H,28,30)/b26-14-. The zero-order chi connectivity index (χ0) is 23.2. The van der Waals surface area contributed by atoms with Crippen LogP contribution < -0.4 is 11.0 Å². The first-order valence-corrected chi connectivity index (χ1v) is 12.9. The normalized spacial score (nSPS) is 11.2. The number of rotatable bonds is 7. The van der Waals surface area contributed by atoms with Crippen LogP contribution in [-0.2, 0) is 4.79 Å². The van der Waals surface area contributed by atoms with Crippen molar-refractivity contribution >= 4 is 62.5 Å². The van der Waals surface area contributed by atoms with Gasteiger partial charge >= 0.3 is 0 Å². The molecule has 3 aromatic carbocycles. The number of amides is 1. The van der Waals surface area contributed by atoms with Gasteiger partial charge in [-0.25, -0.2) is 10.4 Å². The van der Waals surface area contributed by atoms with Gasteiger partial charge in [0.2, 0.25) is 0 Å². The molecule has 0 saturated carbocycles. The van der Waals surface area contributed by atoms with E-state index in [4.69, 9.17) is 0 Å². The molecule has 0 fully saturated rings. The van der Waals surface area contributed by atoms with Gasteiger partial charge in [-0.15, -0.1) is 11.8 Å². The van der Waals surface area contributed by atoms with Crippen LogP contribution in [0, 0.1) is 0 Å². The van der Waals surface area contributed by atoms with Crippen molar-refractivity contribution in [3.8, 4) is 5.69 Å². The van der Waals surface area contributed by atoms with Gasteiger partial charge in [-0.1, -0.05) is 52.0 Å². The van der Waals surface area contributed by atoms with Gasteiger partial charge < -0.3 is 0 Å². The maximum atomic E-state index is 13.2. The summed E-state index contributed by atoms with van der Waals surface area (Å²) in [4.78, 5) is 31.4. The molecule has 0 aliphatic heterocycles. The maximum Gasteiger partial charge on any atom is 0.266 e. The molecular formula is C24H19BrN4O2S2. The number of nitrogens with one attached hydrogen (secondary N) is 1. The molecule has 6 nitrogen and oxygen atoms in total. The average Bonchev–Trinajstić information content (AvgIpc) is 2.84. The van der Waals surface area contributed by atoms with Crippen molar-refractivity contribution in [3.05, 3.63) is 93.2 Å². The molecule has 1 amide bonds. The lowest BCUT2D eigenvalue weighted by molar-refractivity contribution is -0.118. The predicted molar refractivity (Wildman–Crippen MR) is 140 cm³/mol. The highest BCUT2D eigenvalue weighted by Crippen LogP contribution is 2.22. The second-order valence-corrected chi connectivity index (χ2v) is 9.62. The van der Waals surface area contributed by atoms with E-state index in [0.29, 0.717) is 21.7 Å². The zero-order valence-corrected chi connectivity index (χ0v) is 20.8. The molecule has 0 aliphatic carbocycles. The van der Waals surface area contributed by atoms with Crippen LogP contribution in [-0.4, -0.2) is 33.7 Å². The average molecular weight is 539 g/mol. The minimum absolute atomic E-state index is 0.0596. The topological polar surface area (TPSA) is 76.3 Å². The molecule has 166 valence electrons. The third-order valence-corrected chi connectivity index (χ3v) is 6.89. The van der Waals surface area contributed by atoms with Gasteiger partial charge in [0.1, 0.15) is 0 Å². The fourth-order valence-corrected chi connectivity index (χ4v) is 4.54. The van der Waals surface area contributed by atoms with Crippen LogP contribution >= 0.6 is 39.5 Å². The summed E-state index contributed by atoms with van der Waals surface area (Å²) < 4.78 is 2.44. The van der Waals surface area contributed by atoms with Crippen molar-refractivity contribution in [2.24, 2.45) is 5.10 Å². The number of carbonyl (C=O) groups is 1. The van der Waals surface area contributed by atoms with E-state index in [-0.39, 0.29) is 17.2 Å². The summed E-state index contributed by atoms with van der Waals surface area (Å²) in [5.41, 5.74) is 4.50. The highest BCUT2D eigenvalue weighted by atomic mass is 79.9. The minimum atomic E-state index is -0.290. The van der Waals surface area contributed by atoms with E-state index in [1.807, 2.05) is 66.9 Å². The largest absolute Gasteiger partial charge is 0.272 e. The molecule has 4 rings (SSSR count). The predicted octanol–water partition coefficient (Wildman–Crippen LogP) is 5.11. The van der Waals surface area contributed by atoms with Crippen LogP contribution in [0.25, 0.3) is 16.6 Å². The smallest absolute Gasteiger partial charge is 0.266 e. The molecule has 0 unspecified atom stereocenters. The second-order valence-electron chi connectivity index (χ2n) is 6.88. The van der Waals surface area contributed by atoms with Gasteiger partial charge in [-0.2, -0.15) is 5.10 Å². The molecule has 1 heterocycles. The number of hydrogen-bond donors (Lipinski definition) is 1. The van der Waals surface area contributed by atoms with Crippen molar-refractivity contribution in [1.82, 2.24) is 15.0 Å². The molecule has 0 saturated heterocycles. The quantitative estimate of drug-likeness (QED) is 0.153. The van der Waals surface area contributed by atoms with E-state index >= 15 is 0 Å². The summed E-state index contributed by atoms with van der Waals surface area (Å²) in [6.07, 6.45) is 3.61. The Kier molecular flexibility index (Phi) is 7.64. The molecule has 4 aromatic rings. The lowest BCUT2D eigenvalue weighted by atomic mass is 10.2. The van der Waals surface area contributed by atoms with Crippen LogP contribution in [0.1, 0.15) is 5.56 Å². The second kappa shape index (κ2) is 10.8. The molecule has 0 atom stereocenters. The molecule has 33 heavy (non-hydrogen) atoms. The van der Waals surface area contributed by atoms with E-state index in [1.165, 1.54) is 16.3 Å². The number of carbonyl (C=O) groups excluding carboxylic acids is 1. The minimum Gasteiger partial charge on any atom is -0.272 e. The van der Waals surface area contributed by atoms with Crippen LogP contribution in [0.3, 0.4) is 0 Å². The summed E-state index contributed by atoms with van der Waals surface area (Å²) in [6.45, 7) is 0. The van der Waals surface area contributed by atoms with Gasteiger partial charge in [0, 0.05) is 9.37 Å². The Labute approximate surface area is 207 Å². The Bertz CT molecular complexity index is 1370. The Morgan fingerprint density at radius 3 is 2.55 bits per heavy atom. The van der Waals surface area contributed by atoms with Gasteiger partial charge in [0.15, 0.2) is 5.16 Å². The molecule has 1 N–H and O–H groups in total. The van der Waals surface area contributed by atoms with Crippen molar-refractivity contribution in [1.29, 1.82) is 0 Å². The summed E-state index contributed by atoms with van der Waals surface area (Å²) in [6, 6.07) is 22.4. The number of aromatic nitrogens is 2. The fourth-order valence-electron chi connectivity index (χ4n) is 3.06. The maximum absolute atomic E-state index is 13.2. The molecular weight excluding hydrogens is 520 g/mol. The monoisotopic (exact) mass is 538 g/mol. The molecule has 0 spiro atoms. The highest BCUT2D eigenvalue weighted by Gasteiger charge is 2.14. The molecule has 0 radical (unpaired) electrons. The number of nitrogens with zero attached hydrogens (tertiary/aromatic N) is 3. The van der Waals surface area contributed by atoms with Crippen LogP contribution in [0.4, 0.5) is 0 Å². The number of hydrogen-bond acceptors (Lipinski definition) is 6. The van der Waals surface area contributed by atoms with E-state index in [0.717, 1.165) is 14.9 Å². The van der Waals surface area contributed by atoms with Crippen LogP contribution in [0.5, 0.6) is 0 Å². The Morgan fingerprint density at radius 1 is 1.09 bits per heavy atom. The number of benzene rings is 3. The van der Waals surface area contributed by atoms with Gasteiger partial charge in [0.25, 0.3) is 11.5 Å². The molecule has 0 bridgehead atoms. The highest BCUT2D eigenvalue weighted by molar-refractivity contribution is 9.10. The van der Waals surface area contributed by atoms with Crippen molar-refractivity contribution in [2.75, 3.05) is 12.0 Å². The number of halogens is 1. The van der Waals surface area contributed by atoms with Crippen molar-refractivity contribution in [3.63, 3.8) is 0 Å². The van der Waals surface area contributed by atoms with Gasteiger partial charge in [0.05, 0.1) is 28.6 Å². The van der Waals surface area contributed by atoms with Gasteiger partial charge in [-0.05, 0) is 60.4 Å². The Morgan fingerprint density at radius 2 is 1.82 bits per heavy atom. The Balaban J connectivity index is 1.53. The summed E-state index contributed by atoms with van der Waals surface area (Å²) in [7, 11) is 0. The van der Waals surface area contributed by atoms with Crippen LogP contribution in [0.15, 0.2) is 97.2 Å². The first kappa shape index (κ1) is 23.3. The van der Waals surface area contributed by atoms with E-state index < -0.39 is 0 Å². The molecule has 0 aliphatic rings. The van der Waals surface area contributed by atoms with Crippen LogP contribution in [0.2, 0.25) is 0 Å². The summed E-state index contributed by atoms with van der Waals surface area (Å²) in [5.74, 6) is -0.230.